The van der Waals surface area contributed by atoms with Gasteiger partial charge in [0.2, 0.25) is 0 Å². The van der Waals surface area contributed by atoms with Crippen LogP contribution in [-0.2, 0) is 4.74 Å². The molecule has 0 bridgehead atoms. The van der Waals surface area contributed by atoms with Crippen molar-refractivity contribution in [3.05, 3.63) is 76.4 Å². The number of rotatable bonds is 6. The molecular weight excluding hydrogens is 494 g/mol. The summed E-state index contributed by atoms with van der Waals surface area (Å²) in [5.74, 6) is 6.89. The number of benzene rings is 2. The average Bonchev–Trinajstić information content (AvgIpc) is 3.37. The molecule has 8 heteroatoms. The van der Waals surface area contributed by atoms with Crippen LogP contribution in [0, 0.1) is 18.8 Å². The largest absolute Gasteiger partial charge is 0.462 e. The summed E-state index contributed by atoms with van der Waals surface area (Å²) in [6.07, 6.45) is 1.57. The Kier molecular flexibility index (Phi) is 7.87. The van der Waals surface area contributed by atoms with Crippen molar-refractivity contribution in [2.24, 2.45) is 0 Å². The molecule has 7 nitrogen and oxygen atoms in total. The van der Waals surface area contributed by atoms with Gasteiger partial charge in [0, 0.05) is 48.5 Å². The number of nitrogens with zero attached hydrogens (tertiary/aromatic N) is 4. The minimum atomic E-state index is -0.341. The van der Waals surface area contributed by atoms with Crippen LogP contribution in [0.2, 0.25) is 0 Å². The standard InChI is InChI=1S/C30H31N5O2S/c1-4-34-14-16-35(17-15-34)26-12-10-25(11-13-26)33-29-28-27(31-20-32-29)24(19-38-28)9-8-22-18-23(7-6-21(22)3)30(36)37-5-2/h6-7,10-13,18-20H,4-5,14-17H2,1-3H3,(H,31,32,33). The van der Waals surface area contributed by atoms with Crippen molar-refractivity contribution in [1.82, 2.24) is 14.9 Å². The number of hydrogen-bond acceptors (Lipinski definition) is 8. The summed E-state index contributed by atoms with van der Waals surface area (Å²) < 4.78 is 6.08. The Morgan fingerprint density at radius 1 is 1.03 bits per heavy atom. The molecular formula is C30H31N5O2S. The molecule has 2 aromatic heterocycles. The third-order valence-electron chi connectivity index (χ3n) is 6.75. The van der Waals surface area contributed by atoms with Gasteiger partial charge in [-0.05, 0) is 62.4 Å². The predicted octanol–water partition coefficient (Wildman–Crippen LogP) is 5.46. The molecule has 0 amide bonds. The number of piperazine rings is 1. The Morgan fingerprint density at radius 3 is 2.53 bits per heavy atom. The van der Waals surface area contributed by atoms with Crippen LogP contribution in [0.5, 0.6) is 0 Å². The molecule has 0 atom stereocenters. The van der Waals surface area contributed by atoms with Crippen molar-refractivity contribution in [3.8, 4) is 11.8 Å². The lowest BCUT2D eigenvalue weighted by atomic mass is 10.0. The van der Waals surface area contributed by atoms with Crippen LogP contribution < -0.4 is 10.2 Å². The van der Waals surface area contributed by atoms with E-state index < -0.39 is 0 Å². The summed E-state index contributed by atoms with van der Waals surface area (Å²) in [7, 11) is 0. The molecule has 0 spiro atoms. The van der Waals surface area contributed by atoms with E-state index in [-0.39, 0.29) is 5.97 Å². The van der Waals surface area contributed by atoms with E-state index in [2.05, 4.69) is 68.1 Å². The van der Waals surface area contributed by atoms with E-state index in [0.717, 1.165) is 71.1 Å². The Bertz CT molecular complexity index is 1490. The molecule has 0 radical (unpaired) electrons. The smallest absolute Gasteiger partial charge is 0.338 e. The van der Waals surface area contributed by atoms with E-state index in [1.165, 1.54) is 5.69 Å². The number of ether oxygens (including phenoxy) is 1. The van der Waals surface area contributed by atoms with Gasteiger partial charge in [-0.3, -0.25) is 0 Å². The maximum absolute atomic E-state index is 12.1. The van der Waals surface area contributed by atoms with E-state index in [4.69, 9.17) is 4.74 Å². The number of thiophene rings is 1. The number of likely N-dealkylation sites (N-methyl/N-ethyl adjacent to an activating group) is 1. The first-order valence-electron chi connectivity index (χ1n) is 12.9. The molecule has 4 aromatic rings. The number of anilines is 3. The number of aryl methyl sites for hydroxylation is 1. The topological polar surface area (TPSA) is 70.6 Å². The van der Waals surface area contributed by atoms with Crippen molar-refractivity contribution in [1.29, 1.82) is 0 Å². The molecule has 0 aliphatic carbocycles. The first kappa shape index (κ1) is 25.7. The summed E-state index contributed by atoms with van der Waals surface area (Å²) in [6, 6.07) is 14.0. The average molecular weight is 526 g/mol. The monoisotopic (exact) mass is 525 g/mol. The summed E-state index contributed by atoms with van der Waals surface area (Å²) in [4.78, 5) is 26.1. The van der Waals surface area contributed by atoms with Crippen LogP contribution >= 0.6 is 11.3 Å². The van der Waals surface area contributed by atoms with Crippen molar-refractivity contribution in [3.63, 3.8) is 0 Å². The Labute approximate surface area is 227 Å². The summed E-state index contributed by atoms with van der Waals surface area (Å²) in [5, 5.41) is 5.46. The van der Waals surface area contributed by atoms with Gasteiger partial charge >= 0.3 is 5.97 Å². The van der Waals surface area contributed by atoms with Crippen LogP contribution in [0.15, 0.2) is 54.2 Å². The normalized spacial score (nSPS) is 13.7. The molecule has 0 saturated carbocycles. The van der Waals surface area contributed by atoms with Gasteiger partial charge in [-0.1, -0.05) is 24.8 Å². The molecule has 1 fully saturated rings. The van der Waals surface area contributed by atoms with Gasteiger partial charge in [0.15, 0.2) is 5.82 Å². The molecule has 3 heterocycles. The zero-order chi connectivity index (χ0) is 26.5. The van der Waals surface area contributed by atoms with Crippen LogP contribution in [-0.4, -0.2) is 60.2 Å². The van der Waals surface area contributed by atoms with E-state index in [1.807, 2.05) is 18.4 Å². The highest BCUT2D eigenvalue weighted by atomic mass is 32.1. The third-order valence-corrected chi connectivity index (χ3v) is 7.72. The SMILES string of the molecule is CCOC(=O)c1ccc(C)c(C#Cc2csc3c(Nc4ccc(N5CCN(CC)CC5)cc4)ncnc23)c1. The van der Waals surface area contributed by atoms with E-state index >= 15 is 0 Å². The lowest BCUT2D eigenvalue weighted by molar-refractivity contribution is 0.0526. The van der Waals surface area contributed by atoms with Crippen molar-refractivity contribution < 1.29 is 9.53 Å². The van der Waals surface area contributed by atoms with Gasteiger partial charge in [-0.15, -0.1) is 11.3 Å². The lowest BCUT2D eigenvalue weighted by Gasteiger charge is -2.35. The molecule has 2 aromatic carbocycles. The highest BCUT2D eigenvalue weighted by molar-refractivity contribution is 7.18. The van der Waals surface area contributed by atoms with Gasteiger partial charge in [0.25, 0.3) is 0 Å². The molecule has 1 aliphatic heterocycles. The quantitative estimate of drug-likeness (QED) is 0.265. The minimum absolute atomic E-state index is 0.338. The molecule has 38 heavy (non-hydrogen) atoms. The highest BCUT2D eigenvalue weighted by Gasteiger charge is 2.16. The predicted molar refractivity (Wildman–Crippen MR) is 155 cm³/mol. The molecule has 194 valence electrons. The van der Waals surface area contributed by atoms with Crippen LogP contribution in [0.1, 0.15) is 40.9 Å². The van der Waals surface area contributed by atoms with Gasteiger partial charge in [-0.2, -0.15) is 0 Å². The van der Waals surface area contributed by atoms with Gasteiger partial charge in [0.1, 0.15) is 11.8 Å². The zero-order valence-corrected chi connectivity index (χ0v) is 22.8. The number of carbonyl (C=O) groups excluding carboxylic acids is 1. The first-order chi connectivity index (χ1) is 18.6. The summed E-state index contributed by atoms with van der Waals surface area (Å²) >= 11 is 1.56. The fourth-order valence-electron chi connectivity index (χ4n) is 4.48. The van der Waals surface area contributed by atoms with Crippen molar-refractivity contribution in [2.45, 2.75) is 20.8 Å². The second-order valence-electron chi connectivity index (χ2n) is 9.14. The van der Waals surface area contributed by atoms with Crippen LogP contribution in [0.3, 0.4) is 0 Å². The molecule has 0 unspecified atom stereocenters. The van der Waals surface area contributed by atoms with Crippen molar-refractivity contribution in [2.75, 3.05) is 49.5 Å². The summed E-state index contributed by atoms with van der Waals surface area (Å²) in [5.41, 5.74) is 6.15. The number of carbonyl (C=O) groups is 1. The van der Waals surface area contributed by atoms with Gasteiger partial charge < -0.3 is 19.9 Å². The number of aromatic nitrogens is 2. The van der Waals surface area contributed by atoms with E-state index in [9.17, 15) is 4.79 Å². The Morgan fingerprint density at radius 2 is 1.79 bits per heavy atom. The second-order valence-corrected chi connectivity index (χ2v) is 10.0. The van der Waals surface area contributed by atoms with E-state index in [0.29, 0.717) is 12.2 Å². The maximum atomic E-state index is 12.1. The fourth-order valence-corrected chi connectivity index (χ4v) is 5.37. The second kappa shape index (κ2) is 11.6. The van der Waals surface area contributed by atoms with Crippen LogP contribution in [0.25, 0.3) is 10.2 Å². The number of esters is 1. The molecule has 1 saturated heterocycles. The third kappa shape index (κ3) is 5.64. The first-order valence-corrected chi connectivity index (χ1v) is 13.8. The summed E-state index contributed by atoms with van der Waals surface area (Å²) in [6.45, 7) is 11.8. The molecule has 1 N–H and O–H groups in total. The molecule has 1 aliphatic rings. The van der Waals surface area contributed by atoms with Crippen molar-refractivity contribution >= 4 is 44.7 Å². The number of fused-ring (bicyclic) bond motifs is 1. The van der Waals surface area contributed by atoms with Gasteiger partial charge in [0.05, 0.1) is 22.4 Å². The van der Waals surface area contributed by atoms with E-state index in [1.54, 1.807) is 36.7 Å². The van der Waals surface area contributed by atoms with Crippen LogP contribution in [0.4, 0.5) is 17.2 Å². The Balaban J connectivity index is 1.33. The fraction of sp³-hybridized carbons (Fsp3) is 0.300. The number of nitrogens with one attached hydrogen (secondary N) is 1. The Hall–Kier alpha value is -3.93. The minimum Gasteiger partial charge on any atom is -0.462 e. The molecule has 5 rings (SSSR count). The zero-order valence-electron chi connectivity index (χ0n) is 22.0. The van der Waals surface area contributed by atoms with Gasteiger partial charge in [-0.25, -0.2) is 14.8 Å². The number of hydrogen-bond donors (Lipinski definition) is 1. The highest BCUT2D eigenvalue weighted by Crippen LogP contribution is 2.31. The maximum Gasteiger partial charge on any atom is 0.338 e. The lowest BCUT2D eigenvalue weighted by Crippen LogP contribution is -2.46.